The predicted molar refractivity (Wildman–Crippen MR) is 138 cm³/mol. The van der Waals surface area contributed by atoms with Gasteiger partial charge in [0.1, 0.15) is 11.1 Å². The van der Waals surface area contributed by atoms with Gasteiger partial charge in [0.2, 0.25) is 5.88 Å². The molecule has 3 saturated carbocycles. The highest BCUT2D eigenvalue weighted by Gasteiger charge is 2.68. The second kappa shape index (κ2) is 9.07. The van der Waals surface area contributed by atoms with Crippen LogP contribution in [0.15, 0.2) is 9.59 Å². The summed E-state index contributed by atoms with van der Waals surface area (Å²) in [5.41, 5.74) is -2.13. The van der Waals surface area contributed by atoms with Crippen LogP contribution in [-0.4, -0.2) is 74.5 Å². The Hall–Kier alpha value is -2.95. The molecule has 1 aromatic heterocycles. The van der Waals surface area contributed by atoms with Crippen molar-refractivity contribution in [1.82, 2.24) is 18.9 Å². The second-order valence-electron chi connectivity index (χ2n) is 12.4. The summed E-state index contributed by atoms with van der Waals surface area (Å²) in [5, 5.41) is 18.4. The van der Waals surface area contributed by atoms with Crippen molar-refractivity contribution in [3.8, 4) is 5.88 Å². The van der Waals surface area contributed by atoms with Gasteiger partial charge in [-0.25, -0.2) is 9.59 Å². The van der Waals surface area contributed by atoms with Crippen molar-refractivity contribution >= 4 is 18.2 Å². The molecule has 2 saturated heterocycles. The SMILES string of the molecule is CN1C(=O)N(CC2COC2)C2(CC3(CCC(n4c(=O)c(C=N)c(O)n(CC5CCCC5)c4=O)CC3)C2)C1=O. The lowest BCUT2D eigenvalue weighted by Crippen LogP contribution is -2.65. The van der Waals surface area contributed by atoms with Gasteiger partial charge in [0.15, 0.2) is 0 Å². The number of aromatic hydroxyl groups is 1. The number of aromatic nitrogens is 2. The maximum atomic E-state index is 13.5. The van der Waals surface area contributed by atoms with Crippen LogP contribution in [0.1, 0.15) is 75.8 Å². The number of carbonyl (C=O) groups is 2. The van der Waals surface area contributed by atoms with Crippen molar-refractivity contribution in [3.05, 3.63) is 26.4 Å². The average molecular weight is 528 g/mol. The van der Waals surface area contributed by atoms with E-state index in [-0.39, 0.29) is 40.8 Å². The van der Waals surface area contributed by atoms with Crippen LogP contribution >= 0.6 is 0 Å². The van der Waals surface area contributed by atoms with Crippen LogP contribution in [0, 0.1) is 22.7 Å². The largest absolute Gasteiger partial charge is 0.494 e. The summed E-state index contributed by atoms with van der Waals surface area (Å²) in [4.78, 5) is 55.8. The molecular formula is C27H37N5O6. The summed E-state index contributed by atoms with van der Waals surface area (Å²) in [6, 6.07) is -0.554. The Kier molecular flexibility index (Phi) is 6.04. The van der Waals surface area contributed by atoms with Gasteiger partial charge in [0, 0.05) is 38.3 Å². The number of amides is 3. The Morgan fingerprint density at radius 2 is 1.66 bits per heavy atom. The molecule has 38 heavy (non-hydrogen) atoms. The van der Waals surface area contributed by atoms with E-state index in [1.54, 1.807) is 11.9 Å². The first-order valence-corrected chi connectivity index (χ1v) is 14.0. The zero-order valence-electron chi connectivity index (χ0n) is 22.0. The van der Waals surface area contributed by atoms with Gasteiger partial charge < -0.3 is 20.2 Å². The summed E-state index contributed by atoms with van der Waals surface area (Å²) in [5.74, 6) is 0.00824. The number of imide groups is 1. The molecule has 5 fully saturated rings. The van der Waals surface area contributed by atoms with E-state index in [0.717, 1.165) is 44.7 Å². The Morgan fingerprint density at radius 3 is 2.24 bits per heavy atom. The number of carbonyl (C=O) groups excluding carboxylic acids is 2. The van der Waals surface area contributed by atoms with E-state index in [1.807, 2.05) is 0 Å². The summed E-state index contributed by atoms with van der Waals surface area (Å²) in [6.07, 6.45) is 8.93. The zero-order chi connectivity index (χ0) is 26.8. The molecule has 3 heterocycles. The van der Waals surface area contributed by atoms with Crippen LogP contribution in [0.2, 0.25) is 0 Å². The fourth-order valence-electron chi connectivity index (χ4n) is 7.88. The zero-order valence-corrected chi connectivity index (χ0v) is 22.0. The van der Waals surface area contributed by atoms with Gasteiger partial charge in [-0.15, -0.1) is 0 Å². The first-order valence-electron chi connectivity index (χ1n) is 14.0. The highest BCUT2D eigenvalue weighted by Crippen LogP contribution is 2.62. The Bertz CT molecular complexity index is 1270. The van der Waals surface area contributed by atoms with E-state index in [2.05, 4.69) is 0 Å². The van der Waals surface area contributed by atoms with Crippen molar-refractivity contribution in [1.29, 1.82) is 5.41 Å². The van der Waals surface area contributed by atoms with Crippen molar-refractivity contribution in [2.45, 2.75) is 82.3 Å². The fraction of sp³-hybridized carbons (Fsp3) is 0.741. The molecule has 206 valence electrons. The van der Waals surface area contributed by atoms with Gasteiger partial charge in [0.25, 0.3) is 11.5 Å². The van der Waals surface area contributed by atoms with E-state index in [9.17, 15) is 24.3 Å². The highest BCUT2D eigenvalue weighted by molar-refractivity contribution is 6.07. The van der Waals surface area contributed by atoms with Crippen molar-refractivity contribution < 1.29 is 19.4 Å². The van der Waals surface area contributed by atoms with Crippen LogP contribution in [-0.2, 0) is 16.1 Å². The van der Waals surface area contributed by atoms with Gasteiger partial charge in [0.05, 0.1) is 13.2 Å². The quantitative estimate of drug-likeness (QED) is 0.429. The van der Waals surface area contributed by atoms with Gasteiger partial charge in [-0.2, -0.15) is 0 Å². The molecule has 0 unspecified atom stereocenters. The van der Waals surface area contributed by atoms with Gasteiger partial charge in [-0.3, -0.25) is 23.6 Å². The lowest BCUT2D eigenvalue weighted by Gasteiger charge is -2.58. The lowest BCUT2D eigenvalue weighted by atomic mass is 9.51. The van der Waals surface area contributed by atoms with E-state index >= 15 is 0 Å². The minimum Gasteiger partial charge on any atom is -0.494 e. The Labute approximate surface area is 220 Å². The number of urea groups is 1. The number of rotatable bonds is 6. The van der Waals surface area contributed by atoms with Crippen molar-refractivity contribution in [2.75, 3.05) is 26.8 Å². The van der Waals surface area contributed by atoms with Crippen LogP contribution in [0.4, 0.5) is 4.79 Å². The summed E-state index contributed by atoms with van der Waals surface area (Å²) in [7, 11) is 1.56. The Balaban J connectivity index is 1.21. The van der Waals surface area contributed by atoms with Gasteiger partial charge >= 0.3 is 11.7 Å². The van der Waals surface area contributed by atoms with Crippen molar-refractivity contribution in [3.63, 3.8) is 0 Å². The molecule has 3 amide bonds. The van der Waals surface area contributed by atoms with Crippen LogP contribution in [0.5, 0.6) is 5.88 Å². The van der Waals surface area contributed by atoms with E-state index < -0.39 is 22.7 Å². The molecule has 5 aliphatic rings. The minimum absolute atomic E-state index is 0.0975. The maximum absolute atomic E-state index is 13.5. The number of ether oxygens (including phenoxy) is 1. The normalized spacial score (nSPS) is 31.9. The molecule has 3 aliphatic carbocycles. The molecule has 2 spiro atoms. The molecule has 0 bridgehead atoms. The Morgan fingerprint density at radius 1 is 1.00 bits per heavy atom. The molecule has 2 aliphatic heterocycles. The van der Waals surface area contributed by atoms with Gasteiger partial charge in [-0.05, 0) is 62.7 Å². The first-order chi connectivity index (χ1) is 18.2. The monoisotopic (exact) mass is 527 g/mol. The number of hydrogen-bond acceptors (Lipinski definition) is 7. The molecule has 11 nitrogen and oxygen atoms in total. The molecular weight excluding hydrogens is 490 g/mol. The first kappa shape index (κ1) is 25.3. The molecule has 2 N–H and O–H groups in total. The van der Waals surface area contributed by atoms with E-state index in [4.69, 9.17) is 10.1 Å². The summed E-state index contributed by atoms with van der Waals surface area (Å²) in [6.45, 7) is 2.11. The summed E-state index contributed by atoms with van der Waals surface area (Å²) < 4.78 is 7.84. The number of nitrogens with zero attached hydrogens (tertiary/aromatic N) is 4. The number of likely N-dealkylation sites (N-methyl/N-ethyl adjacent to an activating group) is 1. The molecule has 11 heteroatoms. The topological polar surface area (TPSA) is 138 Å². The lowest BCUT2D eigenvalue weighted by molar-refractivity contribution is -0.152. The number of hydrogen-bond donors (Lipinski definition) is 2. The molecule has 0 aromatic carbocycles. The second-order valence-corrected chi connectivity index (χ2v) is 12.4. The standard InChI is InChI=1S/C27H37N5O6/c1-29-23(35)27(31(24(29)36)12-18-13-38-14-18)15-26(16-27)8-6-19(7-9-26)32-22(34)20(10-28)21(33)30(25(32)37)11-17-4-2-3-5-17/h10,17-19,28,33H,2-9,11-16H2,1H3. The average Bonchev–Trinajstić information content (AvgIpc) is 3.43. The minimum atomic E-state index is -0.787. The molecule has 1 aromatic rings. The molecule has 0 radical (unpaired) electrons. The maximum Gasteiger partial charge on any atom is 0.334 e. The van der Waals surface area contributed by atoms with E-state index in [1.165, 1.54) is 14.0 Å². The number of nitrogens with one attached hydrogen (secondary N) is 1. The molecule has 0 atom stereocenters. The van der Waals surface area contributed by atoms with Gasteiger partial charge in [-0.1, -0.05) is 12.8 Å². The van der Waals surface area contributed by atoms with Crippen LogP contribution < -0.4 is 11.2 Å². The van der Waals surface area contributed by atoms with Crippen molar-refractivity contribution in [2.24, 2.45) is 17.3 Å². The third kappa shape index (κ3) is 3.68. The van der Waals surface area contributed by atoms with Crippen LogP contribution in [0.25, 0.3) is 0 Å². The fourth-order valence-corrected chi connectivity index (χ4v) is 7.88. The molecule has 6 rings (SSSR count). The third-order valence-corrected chi connectivity index (χ3v) is 10.0. The van der Waals surface area contributed by atoms with Crippen LogP contribution in [0.3, 0.4) is 0 Å². The third-order valence-electron chi connectivity index (χ3n) is 10.0. The van der Waals surface area contributed by atoms with E-state index in [0.29, 0.717) is 52.0 Å². The predicted octanol–water partition coefficient (Wildman–Crippen LogP) is 2.08. The smallest absolute Gasteiger partial charge is 0.334 e. The highest BCUT2D eigenvalue weighted by atomic mass is 16.5. The summed E-state index contributed by atoms with van der Waals surface area (Å²) >= 11 is 0.